The minimum Gasteiger partial charge on any atom is -0.434 e. The Morgan fingerprint density at radius 3 is 2.52 bits per heavy atom. The number of guanidine groups is 1. The van der Waals surface area contributed by atoms with Gasteiger partial charge >= 0.3 is 6.61 Å². The van der Waals surface area contributed by atoms with Crippen molar-refractivity contribution in [2.24, 2.45) is 4.99 Å². The summed E-state index contributed by atoms with van der Waals surface area (Å²) >= 11 is 0. The molecule has 6 nitrogen and oxygen atoms in total. The summed E-state index contributed by atoms with van der Waals surface area (Å²) in [5.41, 5.74) is 2.09. The molecule has 0 atom stereocenters. The average Bonchev–Trinajstić information content (AvgIpc) is 2.63. The molecule has 0 radical (unpaired) electrons. The normalized spacial score (nSPS) is 12.1. The maximum Gasteiger partial charge on any atom is 0.387 e. The lowest BCUT2D eigenvalue weighted by atomic mass is 10.1. The van der Waals surface area contributed by atoms with Crippen molar-refractivity contribution in [2.75, 3.05) is 12.8 Å². The zero-order valence-electron chi connectivity index (χ0n) is 16.6. The number of ether oxygens (including phenoxy) is 1. The topological polar surface area (TPSA) is 79.8 Å². The molecule has 0 saturated heterocycles. The Morgan fingerprint density at radius 2 is 1.90 bits per heavy atom. The van der Waals surface area contributed by atoms with Gasteiger partial charge in [0.2, 0.25) is 0 Å². The molecule has 0 heterocycles. The largest absolute Gasteiger partial charge is 0.434 e. The van der Waals surface area contributed by atoms with E-state index in [4.69, 9.17) is 0 Å². The van der Waals surface area contributed by atoms with Crippen LogP contribution in [0.2, 0.25) is 0 Å². The second-order valence-corrected chi connectivity index (χ2v) is 8.39. The van der Waals surface area contributed by atoms with E-state index in [1.54, 1.807) is 43.3 Å². The van der Waals surface area contributed by atoms with Crippen molar-refractivity contribution in [3.63, 3.8) is 0 Å². The molecule has 29 heavy (non-hydrogen) atoms. The molecule has 0 spiro atoms. The highest BCUT2D eigenvalue weighted by molar-refractivity contribution is 7.90. The molecule has 0 unspecified atom stereocenters. The number of aryl methyl sites for hydroxylation is 1. The first-order chi connectivity index (χ1) is 13.7. The Labute approximate surface area is 169 Å². The van der Waals surface area contributed by atoms with E-state index in [1.165, 1.54) is 12.3 Å². The lowest BCUT2D eigenvalue weighted by molar-refractivity contribution is -0.0504. The summed E-state index contributed by atoms with van der Waals surface area (Å²) in [6.07, 6.45) is 1.18. The fraction of sp³-hybridized carbons (Fsp3) is 0.350. The van der Waals surface area contributed by atoms with Gasteiger partial charge in [0, 0.05) is 24.9 Å². The van der Waals surface area contributed by atoms with Crippen LogP contribution in [0.5, 0.6) is 5.75 Å². The van der Waals surface area contributed by atoms with Crippen LogP contribution in [0.15, 0.2) is 52.4 Å². The third-order valence-corrected chi connectivity index (χ3v) is 5.29. The van der Waals surface area contributed by atoms with Crippen LogP contribution >= 0.6 is 0 Å². The second kappa shape index (κ2) is 10.2. The van der Waals surface area contributed by atoms with Gasteiger partial charge < -0.3 is 15.4 Å². The van der Waals surface area contributed by atoms with Gasteiger partial charge in [-0.3, -0.25) is 0 Å². The van der Waals surface area contributed by atoms with Gasteiger partial charge in [0.25, 0.3) is 0 Å². The molecule has 2 N–H and O–H groups in total. The number of para-hydroxylation sites is 1. The Kier molecular flexibility index (Phi) is 7.95. The molecule has 0 aliphatic carbocycles. The molecule has 2 aromatic carbocycles. The number of nitrogens with zero attached hydrogens (tertiary/aromatic N) is 1. The highest BCUT2D eigenvalue weighted by Crippen LogP contribution is 2.20. The first-order valence-electron chi connectivity index (χ1n) is 9.05. The molecule has 2 aromatic rings. The van der Waals surface area contributed by atoms with Gasteiger partial charge in [0.05, 0.1) is 11.4 Å². The third-order valence-electron chi connectivity index (χ3n) is 4.04. The van der Waals surface area contributed by atoms with Crippen molar-refractivity contribution < 1.29 is 21.9 Å². The van der Waals surface area contributed by atoms with Gasteiger partial charge in [-0.25, -0.2) is 13.4 Å². The summed E-state index contributed by atoms with van der Waals surface area (Å²) in [5.74, 6) is 0.613. The highest BCUT2D eigenvalue weighted by Gasteiger charge is 2.11. The number of nitrogens with one attached hydrogen (secondary N) is 2. The molecule has 0 aliphatic heterocycles. The molecule has 0 saturated carbocycles. The molecular formula is C20H25F2N3O3S. The van der Waals surface area contributed by atoms with E-state index in [2.05, 4.69) is 20.4 Å². The van der Waals surface area contributed by atoms with E-state index in [0.29, 0.717) is 35.1 Å². The highest BCUT2D eigenvalue weighted by atomic mass is 32.2. The van der Waals surface area contributed by atoms with Crippen LogP contribution in [0.4, 0.5) is 8.78 Å². The summed E-state index contributed by atoms with van der Waals surface area (Å²) in [7, 11) is -3.27. The Morgan fingerprint density at radius 1 is 1.17 bits per heavy atom. The average molecular weight is 426 g/mol. The zero-order valence-corrected chi connectivity index (χ0v) is 17.4. The van der Waals surface area contributed by atoms with Crippen molar-refractivity contribution in [3.05, 3.63) is 59.2 Å². The Balaban J connectivity index is 2.10. The van der Waals surface area contributed by atoms with Gasteiger partial charge in [-0.05, 0) is 37.1 Å². The van der Waals surface area contributed by atoms with Crippen molar-refractivity contribution in [3.8, 4) is 5.75 Å². The molecule has 0 aliphatic rings. The van der Waals surface area contributed by atoms with Crippen molar-refractivity contribution >= 4 is 15.8 Å². The SMILES string of the molecule is CCNC(=NCc1ccc(S(C)(=O)=O)c(C)c1)NCc1ccccc1OC(F)F. The summed E-state index contributed by atoms with van der Waals surface area (Å²) < 4.78 is 53.1. The summed E-state index contributed by atoms with van der Waals surface area (Å²) in [4.78, 5) is 4.78. The van der Waals surface area contributed by atoms with E-state index >= 15 is 0 Å². The zero-order chi connectivity index (χ0) is 21.4. The van der Waals surface area contributed by atoms with Crippen molar-refractivity contribution in [2.45, 2.75) is 38.4 Å². The first-order valence-corrected chi connectivity index (χ1v) is 10.9. The molecule has 0 bridgehead atoms. The van der Waals surface area contributed by atoms with Gasteiger partial charge in [-0.2, -0.15) is 8.78 Å². The smallest absolute Gasteiger partial charge is 0.387 e. The monoisotopic (exact) mass is 425 g/mol. The Hall–Kier alpha value is -2.68. The van der Waals surface area contributed by atoms with Crippen LogP contribution in [0, 0.1) is 6.92 Å². The predicted molar refractivity (Wildman–Crippen MR) is 109 cm³/mol. The maximum absolute atomic E-state index is 12.5. The van der Waals surface area contributed by atoms with E-state index in [0.717, 1.165) is 5.56 Å². The van der Waals surface area contributed by atoms with Crippen LogP contribution in [0.3, 0.4) is 0 Å². The Bertz CT molecular complexity index is 963. The number of aliphatic imine (C=N–C) groups is 1. The fourth-order valence-electron chi connectivity index (χ4n) is 2.78. The van der Waals surface area contributed by atoms with Crippen LogP contribution < -0.4 is 15.4 Å². The molecule has 0 fully saturated rings. The van der Waals surface area contributed by atoms with Gasteiger partial charge in [-0.15, -0.1) is 0 Å². The van der Waals surface area contributed by atoms with Crippen LogP contribution in [-0.2, 0) is 22.9 Å². The first kappa shape index (κ1) is 22.6. The fourth-order valence-corrected chi connectivity index (χ4v) is 3.74. The maximum atomic E-state index is 12.5. The molecule has 0 amide bonds. The van der Waals surface area contributed by atoms with Gasteiger partial charge in [-0.1, -0.05) is 30.3 Å². The number of hydrogen-bond donors (Lipinski definition) is 2. The lowest BCUT2D eigenvalue weighted by Gasteiger charge is -2.14. The number of alkyl halides is 2. The second-order valence-electron chi connectivity index (χ2n) is 6.41. The lowest BCUT2D eigenvalue weighted by Crippen LogP contribution is -2.36. The minimum absolute atomic E-state index is 0.109. The molecule has 2 rings (SSSR count). The summed E-state index contributed by atoms with van der Waals surface area (Å²) in [6.45, 7) is 1.96. The van der Waals surface area contributed by atoms with Crippen LogP contribution in [0.25, 0.3) is 0 Å². The molecule has 9 heteroatoms. The van der Waals surface area contributed by atoms with Crippen molar-refractivity contribution in [1.29, 1.82) is 0 Å². The van der Waals surface area contributed by atoms with Gasteiger partial charge in [0.15, 0.2) is 15.8 Å². The molecule has 158 valence electrons. The van der Waals surface area contributed by atoms with Gasteiger partial charge in [0.1, 0.15) is 5.75 Å². The number of benzene rings is 2. The number of hydrogen-bond acceptors (Lipinski definition) is 4. The number of halogens is 2. The standard InChI is InChI=1S/C20H25F2N3O3S/c1-4-23-20(25-13-16-7-5-6-8-17(16)28-19(21)22)24-12-15-9-10-18(14(2)11-15)29(3,26)27/h5-11,19H,4,12-13H2,1-3H3,(H2,23,24,25). The third kappa shape index (κ3) is 7.01. The van der Waals surface area contributed by atoms with Crippen LogP contribution in [-0.4, -0.2) is 33.8 Å². The van der Waals surface area contributed by atoms with E-state index < -0.39 is 16.4 Å². The molecular weight excluding hydrogens is 400 g/mol. The number of rotatable bonds is 8. The quantitative estimate of drug-likeness (QED) is 0.501. The van der Waals surface area contributed by atoms with E-state index in [-0.39, 0.29) is 12.3 Å². The van der Waals surface area contributed by atoms with E-state index in [1.807, 2.05) is 6.92 Å². The summed E-state index contributed by atoms with van der Waals surface area (Å²) in [6, 6.07) is 11.6. The van der Waals surface area contributed by atoms with Crippen molar-refractivity contribution in [1.82, 2.24) is 10.6 Å². The summed E-state index contributed by atoms with van der Waals surface area (Å²) in [5, 5.41) is 6.18. The van der Waals surface area contributed by atoms with E-state index in [9.17, 15) is 17.2 Å². The van der Waals surface area contributed by atoms with Crippen LogP contribution in [0.1, 0.15) is 23.6 Å². The number of sulfone groups is 1. The minimum atomic E-state index is -3.27. The molecule has 0 aromatic heterocycles. The predicted octanol–water partition coefficient (Wildman–Crippen LogP) is 3.26.